The first kappa shape index (κ1) is 9.24. The molecule has 0 bridgehead atoms. The number of nitrogens with one attached hydrogen (secondary N) is 2. The highest BCUT2D eigenvalue weighted by Gasteiger charge is 2.15. The van der Waals surface area contributed by atoms with Crippen LogP contribution in [-0.2, 0) is 0 Å². The van der Waals surface area contributed by atoms with Crippen LogP contribution in [0.15, 0.2) is 6.20 Å². The van der Waals surface area contributed by atoms with Gasteiger partial charge in [0, 0.05) is 13.0 Å². The molecule has 0 aromatic carbocycles. The molecular formula is C10H15N3O. The minimum atomic E-state index is 0.0250. The second-order valence-corrected chi connectivity index (χ2v) is 3.83. The van der Waals surface area contributed by atoms with Crippen LogP contribution in [0.3, 0.4) is 0 Å². The van der Waals surface area contributed by atoms with Crippen molar-refractivity contribution in [2.24, 2.45) is 0 Å². The molecule has 1 fully saturated rings. The molecule has 1 aromatic heterocycles. The Hall–Kier alpha value is -1.32. The fraction of sp³-hybridized carbons (Fsp3) is 0.600. The lowest BCUT2D eigenvalue weighted by molar-refractivity contribution is 0.101. The van der Waals surface area contributed by atoms with Gasteiger partial charge in [0.15, 0.2) is 5.78 Å². The number of rotatable bonds is 3. The SMILES string of the molecule is CC(=O)c1cnc(NC2CCCC2)[nH]1. The van der Waals surface area contributed by atoms with E-state index in [9.17, 15) is 4.79 Å². The molecule has 2 rings (SSSR count). The number of hydrogen-bond acceptors (Lipinski definition) is 3. The van der Waals surface area contributed by atoms with Crippen molar-refractivity contribution in [3.63, 3.8) is 0 Å². The summed E-state index contributed by atoms with van der Waals surface area (Å²) in [5.74, 6) is 0.749. The highest BCUT2D eigenvalue weighted by Crippen LogP contribution is 2.20. The van der Waals surface area contributed by atoms with Crippen LogP contribution < -0.4 is 5.32 Å². The minimum absolute atomic E-state index is 0.0250. The lowest BCUT2D eigenvalue weighted by atomic mass is 10.3. The zero-order valence-electron chi connectivity index (χ0n) is 8.34. The molecule has 0 saturated heterocycles. The van der Waals surface area contributed by atoms with E-state index in [1.54, 1.807) is 6.20 Å². The molecule has 4 heteroatoms. The average Bonchev–Trinajstić information content (AvgIpc) is 2.75. The highest BCUT2D eigenvalue weighted by molar-refractivity contribution is 5.92. The third-order valence-electron chi connectivity index (χ3n) is 2.65. The molecule has 0 spiro atoms. The minimum Gasteiger partial charge on any atom is -0.353 e. The molecule has 0 aliphatic heterocycles. The molecule has 1 saturated carbocycles. The van der Waals surface area contributed by atoms with E-state index in [1.807, 2.05) is 0 Å². The Kier molecular flexibility index (Phi) is 2.52. The molecule has 1 aromatic rings. The van der Waals surface area contributed by atoms with E-state index in [4.69, 9.17) is 0 Å². The summed E-state index contributed by atoms with van der Waals surface area (Å²) >= 11 is 0. The first-order chi connectivity index (χ1) is 6.75. The zero-order valence-corrected chi connectivity index (χ0v) is 8.34. The second kappa shape index (κ2) is 3.82. The van der Waals surface area contributed by atoms with Crippen LogP contribution in [-0.4, -0.2) is 21.8 Å². The predicted octanol–water partition coefficient (Wildman–Crippen LogP) is 1.97. The van der Waals surface area contributed by atoms with Crippen molar-refractivity contribution < 1.29 is 4.79 Å². The van der Waals surface area contributed by atoms with Crippen molar-refractivity contribution in [1.29, 1.82) is 0 Å². The van der Waals surface area contributed by atoms with Gasteiger partial charge in [-0.2, -0.15) is 0 Å². The zero-order chi connectivity index (χ0) is 9.97. The average molecular weight is 193 g/mol. The molecule has 1 aliphatic carbocycles. The van der Waals surface area contributed by atoms with E-state index >= 15 is 0 Å². The van der Waals surface area contributed by atoms with Gasteiger partial charge in [0.1, 0.15) is 5.69 Å². The summed E-state index contributed by atoms with van der Waals surface area (Å²) in [6, 6.07) is 0.529. The molecule has 0 radical (unpaired) electrons. The number of nitrogens with zero attached hydrogens (tertiary/aromatic N) is 1. The maximum absolute atomic E-state index is 11.0. The fourth-order valence-electron chi connectivity index (χ4n) is 1.84. The van der Waals surface area contributed by atoms with E-state index in [2.05, 4.69) is 15.3 Å². The van der Waals surface area contributed by atoms with Gasteiger partial charge in [0.05, 0.1) is 6.20 Å². The maximum atomic E-state index is 11.0. The van der Waals surface area contributed by atoms with Gasteiger partial charge in [-0.3, -0.25) is 4.79 Å². The van der Waals surface area contributed by atoms with Crippen LogP contribution in [0.25, 0.3) is 0 Å². The summed E-state index contributed by atoms with van der Waals surface area (Å²) < 4.78 is 0. The van der Waals surface area contributed by atoms with Crippen molar-refractivity contribution >= 4 is 11.7 Å². The van der Waals surface area contributed by atoms with Crippen molar-refractivity contribution in [2.75, 3.05) is 5.32 Å². The van der Waals surface area contributed by atoms with Crippen LogP contribution in [0.1, 0.15) is 43.1 Å². The van der Waals surface area contributed by atoms with Crippen LogP contribution in [0.2, 0.25) is 0 Å². The summed E-state index contributed by atoms with van der Waals surface area (Å²) in [6.45, 7) is 1.53. The van der Waals surface area contributed by atoms with Gasteiger partial charge in [0.2, 0.25) is 5.95 Å². The molecule has 1 aliphatic rings. The number of anilines is 1. The number of Topliss-reactive ketones (excluding diaryl/α,β-unsaturated/α-hetero) is 1. The van der Waals surface area contributed by atoms with Gasteiger partial charge in [-0.25, -0.2) is 4.98 Å². The molecule has 0 unspecified atom stereocenters. The Labute approximate surface area is 83.1 Å². The molecular weight excluding hydrogens is 178 g/mol. The lowest BCUT2D eigenvalue weighted by Gasteiger charge is -2.09. The van der Waals surface area contributed by atoms with Crippen LogP contribution >= 0.6 is 0 Å². The number of hydrogen-bond donors (Lipinski definition) is 2. The number of H-pyrrole nitrogens is 1. The van der Waals surface area contributed by atoms with Crippen molar-refractivity contribution in [3.8, 4) is 0 Å². The molecule has 76 valence electrons. The van der Waals surface area contributed by atoms with Gasteiger partial charge in [-0.15, -0.1) is 0 Å². The number of imidazole rings is 1. The molecule has 1 heterocycles. The summed E-state index contributed by atoms with van der Waals surface area (Å²) in [7, 11) is 0. The van der Waals surface area contributed by atoms with Crippen molar-refractivity contribution in [3.05, 3.63) is 11.9 Å². The van der Waals surface area contributed by atoms with E-state index in [0.717, 1.165) is 5.95 Å². The Morgan fingerprint density at radius 2 is 2.29 bits per heavy atom. The molecule has 4 nitrogen and oxygen atoms in total. The lowest BCUT2D eigenvalue weighted by Crippen LogP contribution is -2.15. The summed E-state index contributed by atoms with van der Waals surface area (Å²) in [5, 5.41) is 3.30. The second-order valence-electron chi connectivity index (χ2n) is 3.83. The van der Waals surface area contributed by atoms with Gasteiger partial charge in [-0.05, 0) is 12.8 Å². The van der Waals surface area contributed by atoms with Crippen LogP contribution in [0.5, 0.6) is 0 Å². The van der Waals surface area contributed by atoms with E-state index in [-0.39, 0.29) is 5.78 Å². The third-order valence-corrected chi connectivity index (χ3v) is 2.65. The number of carbonyl (C=O) groups excluding carboxylic acids is 1. The Bertz CT molecular complexity index is 326. The topological polar surface area (TPSA) is 57.8 Å². The number of carbonyl (C=O) groups is 1. The normalized spacial score (nSPS) is 17.2. The quantitative estimate of drug-likeness (QED) is 0.721. The molecule has 14 heavy (non-hydrogen) atoms. The first-order valence-electron chi connectivity index (χ1n) is 5.08. The third kappa shape index (κ3) is 1.95. The Morgan fingerprint density at radius 3 is 2.86 bits per heavy atom. The molecule has 0 atom stereocenters. The smallest absolute Gasteiger partial charge is 0.200 e. The number of aromatic amines is 1. The fourth-order valence-corrected chi connectivity index (χ4v) is 1.84. The number of ketones is 1. The molecule has 0 amide bonds. The Balaban J connectivity index is 1.98. The standard InChI is InChI=1S/C10H15N3O/c1-7(14)9-6-11-10(13-9)12-8-4-2-3-5-8/h6,8H,2-5H2,1H3,(H2,11,12,13). The largest absolute Gasteiger partial charge is 0.353 e. The summed E-state index contributed by atoms with van der Waals surface area (Å²) in [6.07, 6.45) is 6.57. The van der Waals surface area contributed by atoms with Crippen LogP contribution in [0, 0.1) is 0 Å². The predicted molar refractivity (Wildman–Crippen MR) is 54.5 cm³/mol. The van der Waals surface area contributed by atoms with E-state index in [0.29, 0.717) is 11.7 Å². The van der Waals surface area contributed by atoms with Crippen molar-refractivity contribution in [1.82, 2.24) is 9.97 Å². The van der Waals surface area contributed by atoms with Crippen LogP contribution in [0.4, 0.5) is 5.95 Å². The van der Waals surface area contributed by atoms with Gasteiger partial charge >= 0.3 is 0 Å². The Morgan fingerprint density at radius 1 is 1.57 bits per heavy atom. The number of aromatic nitrogens is 2. The van der Waals surface area contributed by atoms with E-state index < -0.39 is 0 Å². The summed E-state index contributed by atoms with van der Waals surface area (Å²) in [4.78, 5) is 18.1. The van der Waals surface area contributed by atoms with Gasteiger partial charge in [0.25, 0.3) is 0 Å². The van der Waals surface area contributed by atoms with Gasteiger partial charge < -0.3 is 10.3 Å². The highest BCUT2D eigenvalue weighted by atomic mass is 16.1. The van der Waals surface area contributed by atoms with Crippen molar-refractivity contribution in [2.45, 2.75) is 38.6 Å². The van der Waals surface area contributed by atoms with Gasteiger partial charge in [-0.1, -0.05) is 12.8 Å². The first-order valence-corrected chi connectivity index (χ1v) is 5.08. The summed E-state index contributed by atoms with van der Waals surface area (Å²) in [5.41, 5.74) is 0.575. The monoisotopic (exact) mass is 193 g/mol. The maximum Gasteiger partial charge on any atom is 0.200 e. The van der Waals surface area contributed by atoms with E-state index in [1.165, 1.54) is 32.6 Å². The molecule has 2 N–H and O–H groups in total.